The van der Waals surface area contributed by atoms with Crippen molar-refractivity contribution in [1.82, 2.24) is 14.9 Å². The Morgan fingerprint density at radius 1 is 1.00 bits per heavy atom. The number of aromatic nitrogens is 2. The van der Waals surface area contributed by atoms with Crippen LogP contribution in [0.15, 0.2) is 47.2 Å². The smallest absolute Gasteiger partial charge is 0.251 e. The van der Waals surface area contributed by atoms with Crippen molar-refractivity contribution in [2.24, 2.45) is 0 Å². The lowest BCUT2D eigenvalue weighted by Crippen LogP contribution is -2.53. The first-order valence-electron chi connectivity index (χ1n) is 8.52. The zero-order chi connectivity index (χ0) is 18.1. The highest BCUT2D eigenvalue weighted by Gasteiger charge is 2.43. The Balaban J connectivity index is 1.45. The van der Waals surface area contributed by atoms with Gasteiger partial charge < -0.3 is 4.90 Å². The summed E-state index contributed by atoms with van der Waals surface area (Å²) in [6.45, 7) is 2.88. The predicted molar refractivity (Wildman–Crippen MR) is 101 cm³/mol. The quantitative estimate of drug-likeness (QED) is 0.710. The molecule has 2 aliphatic rings. The van der Waals surface area contributed by atoms with Crippen LogP contribution in [0.2, 0.25) is 0 Å². The van der Waals surface area contributed by atoms with Gasteiger partial charge in [-0.25, -0.2) is 14.9 Å². The minimum atomic E-state index is -0.389. The number of rotatable bonds is 3. The van der Waals surface area contributed by atoms with Crippen LogP contribution in [0.4, 0.5) is 11.6 Å². The van der Waals surface area contributed by atoms with Crippen LogP contribution < -0.4 is 9.80 Å². The molecule has 2 fully saturated rings. The SMILES string of the molecule is O=C1C[C@@H](N2CCN(c3ncccn3)CC2)C(=O)N1c1cccc(Br)c1. The fourth-order valence-electron chi connectivity index (χ4n) is 3.48. The van der Waals surface area contributed by atoms with E-state index in [9.17, 15) is 9.59 Å². The summed E-state index contributed by atoms with van der Waals surface area (Å²) in [5.41, 5.74) is 0.619. The molecule has 0 N–H and O–H groups in total. The summed E-state index contributed by atoms with van der Waals surface area (Å²) in [6, 6.07) is 8.68. The molecule has 4 rings (SSSR count). The van der Waals surface area contributed by atoms with Crippen molar-refractivity contribution >= 4 is 39.4 Å². The van der Waals surface area contributed by atoms with Gasteiger partial charge in [-0.2, -0.15) is 0 Å². The molecule has 2 saturated heterocycles. The van der Waals surface area contributed by atoms with E-state index < -0.39 is 0 Å². The van der Waals surface area contributed by atoms with Crippen LogP contribution in [-0.2, 0) is 9.59 Å². The molecule has 2 aromatic rings. The van der Waals surface area contributed by atoms with Crippen molar-refractivity contribution < 1.29 is 9.59 Å². The molecule has 7 nitrogen and oxygen atoms in total. The second-order valence-corrected chi connectivity index (χ2v) is 7.25. The van der Waals surface area contributed by atoms with E-state index >= 15 is 0 Å². The van der Waals surface area contributed by atoms with Gasteiger partial charge >= 0.3 is 0 Å². The number of piperazine rings is 1. The first-order chi connectivity index (χ1) is 12.6. The Labute approximate surface area is 159 Å². The van der Waals surface area contributed by atoms with Crippen molar-refractivity contribution in [2.75, 3.05) is 36.0 Å². The zero-order valence-electron chi connectivity index (χ0n) is 14.1. The number of hydrogen-bond acceptors (Lipinski definition) is 6. The molecule has 1 aromatic heterocycles. The lowest BCUT2D eigenvalue weighted by Gasteiger charge is -2.36. The van der Waals surface area contributed by atoms with Crippen LogP contribution >= 0.6 is 15.9 Å². The van der Waals surface area contributed by atoms with Crippen LogP contribution in [0.5, 0.6) is 0 Å². The van der Waals surface area contributed by atoms with Crippen molar-refractivity contribution in [3.63, 3.8) is 0 Å². The Bertz CT molecular complexity index is 823. The van der Waals surface area contributed by atoms with Crippen molar-refractivity contribution in [2.45, 2.75) is 12.5 Å². The molecule has 0 unspecified atom stereocenters. The molecule has 1 atom stereocenters. The first kappa shape index (κ1) is 17.1. The number of halogens is 1. The summed E-state index contributed by atoms with van der Waals surface area (Å²) in [6.07, 6.45) is 3.68. The molecule has 0 bridgehead atoms. The molecule has 0 saturated carbocycles. The maximum Gasteiger partial charge on any atom is 0.251 e. The van der Waals surface area contributed by atoms with Gasteiger partial charge in [0.15, 0.2) is 0 Å². The minimum absolute atomic E-state index is 0.141. The Hall–Kier alpha value is -2.32. The van der Waals surface area contributed by atoms with Crippen molar-refractivity contribution in [1.29, 1.82) is 0 Å². The maximum absolute atomic E-state index is 12.9. The molecular formula is C18H18BrN5O2. The third-order valence-corrected chi connectivity index (χ3v) is 5.27. The van der Waals surface area contributed by atoms with E-state index in [2.05, 4.69) is 35.7 Å². The van der Waals surface area contributed by atoms with Gasteiger partial charge in [0.05, 0.1) is 18.2 Å². The van der Waals surface area contributed by atoms with E-state index in [1.54, 1.807) is 30.6 Å². The summed E-state index contributed by atoms with van der Waals surface area (Å²) in [7, 11) is 0. The predicted octanol–water partition coefficient (Wildman–Crippen LogP) is 1.69. The number of carbonyl (C=O) groups is 2. The topological polar surface area (TPSA) is 69.6 Å². The van der Waals surface area contributed by atoms with Gasteiger partial charge in [0.25, 0.3) is 5.91 Å². The largest absolute Gasteiger partial charge is 0.338 e. The summed E-state index contributed by atoms with van der Waals surface area (Å²) < 4.78 is 0.843. The Kier molecular flexibility index (Phi) is 4.69. The van der Waals surface area contributed by atoms with Gasteiger partial charge in [-0.1, -0.05) is 22.0 Å². The fraction of sp³-hybridized carbons (Fsp3) is 0.333. The molecule has 3 heterocycles. The number of nitrogens with zero attached hydrogens (tertiary/aromatic N) is 5. The van der Waals surface area contributed by atoms with Crippen LogP contribution in [0.25, 0.3) is 0 Å². The van der Waals surface area contributed by atoms with Gasteiger partial charge in [-0.05, 0) is 24.3 Å². The highest BCUT2D eigenvalue weighted by molar-refractivity contribution is 9.10. The molecule has 0 radical (unpaired) electrons. The normalized spacial score (nSPS) is 21.5. The highest BCUT2D eigenvalue weighted by atomic mass is 79.9. The second kappa shape index (κ2) is 7.13. The van der Waals surface area contributed by atoms with Gasteiger partial charge in [-0.15, -0.1) is 0 Å². The van der Waals surface area contributed by atoms with E-state index in [1.807, 2.05) is 12.1 Å². The van der Waals surface area contributed by atoms with Crippen LogP contribution in [0.3, 0.4) is 0 Å². The fourth-order valence-corrected chi connectivity index (χ4v) is 3.86. The summed E-state index contributed by atoms with van der Waals surface area (Å²) in [5.74, 6) is 0.418. The van der Waals surface area contributed by atoms with Crippen LogP contribution in [-0.4, -0.2) is 58.9 Å². The average Bonchev–Trinajstić information content (AvgIpc) is 2.97. The number of benzene rings is 1. The third kappa shape index (κ3) is 3.22. The molecule has 134 valence electrons. The van der Waals surface area contributed by atoms with Gasteiger partial charge in [-0.3, -0.25) is 14.5 Å². The van der Waals surface area contributed by atoms with E-state index in [-0.39, 0.29) is 24.3 Å². The standard InChI is InChI=1S/C18H18BrN5O2/c19-13-3-1-4-14(11-13)24-16(25)12-15(17(24)26)22-7-9-23(10-8-22)18-20-5-2-6-21-18/h1-6,11,15H,7-10,12H2/t15-/m1/s1. The highest BCUT2D eigenvalue weighted by Crippen LogP contribution is 2.28. The lowest BCUT2D eigenvalue weighted by molar-refractivity contribution is -0.123. The monoisotopic (exact) mass is 415 g/mol. The zero-order valence-corrected chi connectivity index (χ0v) is 15.7. The number of hydrogen-bond donors (Lipinski definition) is 0. The van der Waals surface area contributed by atoms with Gasteiger partial charge in [0.2, 0.25) is 11.9 Å². The van der Waals surface area contributed by atoms with Gasteiger partial charge in [0.1, 0.15) is 0 Å². The van der Waals surface area contributed by atoms with Crippen LogP contribution in [0, 0.1) is 0 Å². The third-order valence-electron chi connectivity index (χ3n) is 4.78. The molecule has 2 aliphatic heterocycles. The van der Waals surface area contributed by atoms with E-state index in [0.29, 0.717) is 24.7 Å². The molecule has 2 amide bonds. The average molecular weight is 416 g/mol. The molecule has 26 heavy (non-hydrogen) atoms. The van der Waals surface area contributed by atoms with Crippen LogP contribution in [0.1, 0.15) is 6.42 Å². The summed E-state index contributed by atoms with van der Waals surface area (Å²) in [4.78, 5) is 39.4. The van der Waals surface area contributed by atoms with E-state index in [0.717, 1.165) is 17.6 Å². The minimum Gasteiger partial charge on any atom is -0.338 e. The number of anilines is 2. The number of amides is 2. The summed E-state index contributed by atoms with van der Waals surface area (Å²) >= 11 is 3.39. The van der Waals surface area contributed by atoms with E-state index in [4.69, 9.17) is 0 Å². The first-order valence-corrected chi connectivity index (χ1v) is 9.31. The molecule has 8 heteroatoms. The van der Waals surface area contributed by atoms with E-state index in [1.165, 1.54) is 4.90 Å². The van der Waals surface area contributed by atoms with Crippen molar-refractivity contribution in [3.8, 4) is 0 Å². The Morgan fingerprint density at radius 3 is 2.42 bits per heavy atom. The second-order valence-electron chi connectivity index (χ2n) is 6.34. The Morgan fingerprint density at radius 2 is 1.73 bits per heavy atom. The molecule has 0 aliphatic carbocycles. The van der Waals surface area contributed by atoms with Crippen molar-refractivity contribution in [3.05, 3.63) is 47.2 Å². The maximum atomic E-state index is 12.9. The number of carbonyl (C=O) groups excluding carboxylic acids is 2. The number of imide groups is 1. The molecular weight excluding hydrogens is 398 g/mol. The molecule has 0 spiro atoms. The molecule has 1 aromatic carbocycles. The lowest BCUT2D eigenvalue weighted by atomic mass is 10.2. The van der Waals surface area contributed by atoms with Gasteiger partial charge in [0, 0.05) is 43.0 Å². The summed E-state index contributed by atoms with van der Waals surface area (Å²) in [5, 5.41) is 0.